The summed E-state index contributed by atoms with van der Waals surface area (Å²) >= 11 is 0. The molecule has 1 fully saturated rings. The number of hydrogen-bond donors (Lipinski definition) is 2. The normalized spacial score (nSPS) is 15.2. The van der Waals surface area contributed by atoms with Gasteiger partial charge in [0.2, 0.25) is 15.9 Å². The van der Waals surface area contributed by atoms with E-state index in [1.807, 2.05) is 6.92 Å². The number of aryl methyl sites for hydroxylation is 1. The van der Waals surface area contributed by atoms with Gasteiger partial charge >= 0.3 is 0 Å². The van der Waals surface area contributed by atoms with Crippen LogP contribution in [0.1, 0.15) is 25.3 Å². The van der Waals surface area contributed by atoms with Crippen molar-refractivity contribution in [3.8, 4) is 0 Å². The third kappa shape index (κ3) is 6.86. The molecule has 0 bridgehead atoms. The predicted octanol–water partition coefficient (Wildman–Crippen LogP) is 0.214. The number of carbonyl (C=O) groups excluding carboxylic acids is 2. The number of ether oxygens (including phenoxy) is 2. The van der Waals surface area contributed by atoms with Crippen molar-refractivity contribution in [3.05, 3.63) is 29.8 Å². The van der Waals surface area contributed by atoms with E-state index in [4.69, 9.17) is 9.47 Å². The van der Waals surface area contributed by atoms with E-state index in [1.165, 1.54) is 4.31 Å². The molecular weight excluding hydrogens is 386 g/mol. The molecule has 2 rings (SSSR count). The first-order valence-electron chi connectivity index (χ1n) is 9.25. The molecule has 1 aromatic carbocycles. The molecule has 2 amide bonds. The van der Waals surface area contributed by atoms with Gasteiger partial charge in [0.25, 0.3) is 5.91 Å². The first kappa shape index (κ1) is 22.3. The van der Waals surface area contributed by atoms with Crippen molar-refractivity contribution in [2.45, 2.75) is 31.1 Å². The van der Waals surface area contributed by atoms with Crippen LogP contribution in [0.4, 0.5) is 0 Å². The molecule has 1 aromatic rings. The Labute approximate surface area is 165 Å². The van der Waals surface area contributed by atoms with Gasteiger partial charge in [-0.2, -0.15) is 4.31 Å². The van der Waals surface area contributed by atoms with Crippen LogP contribution in [0.25, 0.3) is 0 Å². The quantitative estimate of drug-likeness (QED) is 0.442. The molecule has 0 radical (unpaired) electrons. The van der Waals surface area contributed by atoms with Crippen LogP contribution >= 0.6 is 0 Å². The molecule has 1 aliphatic rings. The van der Waals surface area contributed by atoms with Crippen LogP contribution < -0.4 is 10.9 Å². The minimum Gasteiger partial charge on any atom is -0.379 e. The lowest BCUT2D eigenvalue weighted by Gasteiger charge is -2.26. The molecule has 9 nitrogen and oxygen atoms in total. The maximum Gasteiger partial charge on any atom is 0.264 e. The minimum absolute atomic E-state index is 0.104. The second-order valence-corrected chi connectivity index (χ2v) is 8.25. The van der Waals surface area contributed by atoms with Gasteiger partial charge in [-0.25, -0.2) is 8.42 Å². The molecule has 0 unspecified atom stereocenters. The Hall–Kier alpha value is -2.01. The van der Waals surface area contributed by atoms with Crippen LogP contribution in [0.2, 0.25) is 0 Å². The van der Waals surface area contributed by atoms with Gasteiger partial charge in [0.1, 0.15) is 6.61 Å². The van der Waals surface area contributed by atoms with Gasteiger partial charge in [-0.05, 0) is 30.5 Å². The van der Waals surface area contributed by atoms with Gasteiger partial charge in [-0.1, -0.05) is 19.1 Å². The maximum atomic E-state index is 12.6. The van der Waals surface area contributed by atoms with Crippen LogP contribution in [-0.4, -0.2) is 64.1 Å². The van der Waals surface area contributed by atoms with Crippen molar-refractivity contribution in [3.63, 3.8) is 0 Å². The average Bonchev–Trinajstić information content (AvgIpc) is 2.72. The summed E-state index contributed by atoms with van der Waals surface area (Å²) in [5.74, 6) is -0.756. The summed E-state index contributed by atoms with van der Waals surface area (Å²) in [6.07, 6.45) is 1.39. The van der Waals surface area contributed by atoms with E-state index in [0.29, 0.717) is 39.3 Å². The van der Waals surface area contributed by atoms with Crippen molar-refractivity contribution >= 4 is 21.8 Å². The van der Waals surface area contributed by atoms with Crippen molar-refractivity contribution < 1.29 is 27.5 Å². The summed E-state index contributed by atoms with van der Waals surface area (Å²) in [5.41, 5.74) is 5.44. The Balaban J connectivity index is 1.77. The van der Waals surface area contributed by atoms with Gasteiger partial charge < -0.3 is 9.47 Å². The van der Waals surface area contributed by atoms with E-state index in [0.717, 1.165) is 12.0 Å². The molecular formula is C18H27N3O6S. The molecule has 1 heterocycles. The van der Waals surface area contributed by atoms with E-state index in [2.05, 4.69) is 10.9 Å². The fourth-order valence-electron chi connectivity index (χ4n) is 2.57. The van der Waals surface area contributed by atoms with Crippen LogP contribution in [0.3, 0.4) is 0 Å². The first-order chi connectivity index (χ1) is 13.4. The minimum atomic E-state index is -3.52. The fourth-order valence-corrected chi connectivity index (χ4v) is 3.98. The van der Waals surface area contributed by atoms with Gasteiger partial charge in [0.15, 0.2) is 0 Å². The third-order valence-electron chi connectivity index (χ3n) is 4.09. The van der Waals surface area contributed by atoms with Gasteiger partial charge in [0, 0.05) is 26.1 Å². The summed E-state index contributed by atoms with van der Waals surface area (Å²) in [6.45, 7) is 3.80. The molecule has 0 spiro atoms. The molecule has 0 aliphatic carbocycles. The standard InChI is InChI=1S/C18H27N3O6S/c1-2-11-27-14-18(23)20-19-17(22)8-5-15-3-6-16(7-4-15)28(24,25)21-9-12-26-13-10-21/h3-4,6-7H,2,5,8-14H2,1H3,(H,19,22)(H,20,23). The predicted molar refractivity (Wildman–Crippen MR) is 102 cm³/mol. The number of benzene rings is 1. The average molecular weight is 413 g/mol. The summed E-state index contributed by atoms with van der Waals surface area (Å²) in [7, 11) is -3.52. The monoisotopic (exact) mass is 413 g/mol. The Kier molecular flexibility index (Phi) is 8.84. The Bertz CT molecular complexity index is 745. The smallest absolute Gasteiger partial charge is 0.264 e. The van der Waals surface area contributed by atoms with E-state index in [1.54, 1.807) is 24.3 Å². The lowest BCUT2D eigenvalue weighted by molar-refractivity contribution is -0.131. The number of amides is 2. The zero-order valence-corrected chi connectivity index (χ0v) is 16.8. The van der Waals surface area contributed by atoms with E-state index in [9.17, 15) is 18.0 Å². The van der Waals surface area contributed by atoms with Crippen molar-refractivity contribution in [1.29, 1.82) is 0 Å². The molecule has 1 aliphatic heterocycles. The highest BCUT2D eigenvalue weighted by Gasteiger charge is 2.26. The van der Waals surface area contributed by atoms with Crippen LogP contribution in [0.5, 0.6) is 0 Å². The summed E-state index contributed by atoms with van der Waals surface area (Å²) in [6, 6.07) is 6.48. The molecule has 156 valence electrons. The lowest BCUT2D eigenvalue weighted by Crippen LogP contribution is -2.43. The summed E-state index contributed by atoms with van der Waals surface area (Å²) < 4.78 is 36.8. The molecule has 10 heteroatoms. The largest absolute Gasteiger partial charge is 0.379 e. The molecule has 1 saturated heterocycles. The number of hydrogen-bond acceptors (Lipinski definition) is 6. The Morgan fingerprint density at radius 1 is 1.11 bits per heavy atom. The number of hydrazine groups is 1. The number of nitrogens with zero attached hydrogens (tertiary/aromatic N) is 1. The van der Waals surface area contributed by atoms with Crippen molar-refractivity contribution in [2.24, 2.45) is 0 Å². The van der Waals surface area contributed by atoms with E-state index < -0.39 is 15.9 Å². The molecule has 0 atom stereocenters. The summed E-state index contributed by atoms with van der Waals surface area (Å²) in [5, 5.41) is 0. The summed E-state index contributed by atoms with van der Waals surface area (Å²) in [4.78, 5) is 23.5. The van der Waals surface area contributed by atoms with Gasteiger partial charge in [0.05, 0.1) is 18.1 Å². The van der Waals surface area contributed by atoms with Gasteiger partial charge in [-0.15, -0.1) is 0 Å². The van der Waals surface area contributed by atoms with Crippen molar-refractivity contribution in [1.82, 2.24) is 15.2 Å². The second-order valence-electron chi connectivity index (χ2n) is 6.31. The molecule has 0 aromatic heterocycles. The maximum absolute atomic E-state index is 12.6. The highest BCUT2D eigenvalue weighted by atomic mass is 32.2. The van der Waals surface area contributed by atoms with Crippen molar-refractivity contribution in [2.75, 3.05) is 39.5 Å². The number of carbonyl (C=O) groups is 2. The Morgan fingerprint density at radius 3 is 2.39 bits per heavy atom. The van der Waals surface area contributed by atoms with E-state index in [-0.39, 0.29) is 23.8 Å². The SMILES string of the molecule is CCCOCC(=O)NNC(=O)CCc1ccc(S(=O)(=O)N2CCOCC2)cc1. The topological polar surface area (TPSA) is 114 Å². The number of rotatable bonds is 9. The van der Waals surface area contributed by atoms with Crippen LogP contribution in [0.15, 0.2) is 29.2 Å². The number of nitrogens with one attached hydrogen (secondary N) is 2. The lowest BCUT2D eigenvalue weighted by atomic mass is 10.1. The molecule has 0 saturated carbocycles. The Morgan fingerprint density at radius 2 is 1.75 bits per heavy atom. The zero-order valence-electron chi connectivity index (χ0n) is 16.0. The van der Waals surface area contributed by atoms with Crippen LogP contribution in [0, 0.1) is 0 Å². The second kappa shape index (κ2) is 11.1. The zero-order chi connectivity index (χ0) is 20.4. The number of sulfonamides is 1. The number of morpholine rings is 1. The van der Waals surface area contributed by atoms with Gasteiger partial charge in [-0.3, -0.25) is 20.4 Å². The third-order valence-corrected chi connectivity index (χ3v) is 6.01. The highest BCUT2D eigenvalue weighted by molar-refractivity contribution is 7.89. The fraction of sp³-hybridized carbons (Fsp3) is 0.556. The first-order valence-corrected chi connectivity index (χ1v) is 10.7. The molecule has 28 heavy (non-hydrogen) atoms. The highest BCUT2D eigenvalue weighted by Crippen LogP contribution is 2.18. The molecule has 2 N–H and O–H groups in total. The van der Waals surface area contributed by atoms with E-state index >= 15 is 0 Å². The van der Waals surface area contributed by atoms with Crippen LogP contribution in [-0.2, 0) is 35.5 Å².